The first-order valence-electron chi connectivity index (χ1n) is 10.3. The number of hydrogen-bond donors (Lipinski definition) is 2. The van der Waals surface area contributed by atoms with Crippen LogP contribution in [0.3, 0.4) is 0 Å². The smallest absolute Gasteiger partial charge is 0.256 e. The Bertz CT molecular complexity index is 1380. The molecule has 0 aliphatic rings. The second-order valence-electron chi connectivity index (χ2n) is 8.54. The maximum absolute atomic E-state index is 12.9. The first-order valence-corrected chi connectivity index (χ1v) is 10.3. The number of ether oxygens (including phenoxy) is 2. The van der Waals surface area contributed by atoms with Crippen molar-refractivity contribution in [3.8, 4) is 22.9 Å². The van der Waals surface area contributed by atoms with Gasteiger partial charge in [0.1, 0.15) is 5.82 Å². The van der Waals surface area contributed by atoms with E-state index in [0.29, 0.717) is 22.9 Å². The second kappa shape index (κ2) is 8.42. The Labute approximate surface area is 190 Å². The molecule has 2 aromatic heterocycles. The number of fused-ring (bicyclic) bond motifs is 1. The summed E-state index contributed by atoms with van der Waals surface area (Å²) in [6.07, 6.45) is 0. The number of methoxy groups -OCH3 is 2. The van der Waals surface area contributed by atoms with Gasteiger partial charge in [0.25, 0.3) is 11.5 Å². The van der Waals surface area contributed by atoms with Crippen molar-refractivity contribution >= 4 is 17.5 Å². The Balaban J connectivity index is 1.68. The third kappa shape index (κ3) is 4.43. The van der Waals surface area contributed by atoms with E-state index in [-0.39, 0.29) is 17.0 Å². The third-order valence-electron chi connectivity index (χ3n) is 5.23. The molecule has 4 aromatic rings. The van der Waals surface area contributed by atoms with Crippen molar-refractivity contribution in [2.24, 2.45) is 0 Å². The minimum Gasteiger partial charge on any atom is -0.493 e. The number of nitrogens with one attached hydrogen (secondary N) is 2. The lowest BCUT2D eigenvalue weighted by Crippen LogP contribution is -2.18. The molecule has 0 aliphatic carbocycles. The standard InChI is InChI=1S/C24H25N5O4/c1-24(2,3)16-9-6-14(7-10-16)21-27-23-26-20(30)13-19(29(23)28-21)25-22(31)15-8-11-17(32-4)18(12-15)33-5/h6-13H,1-5H3,(H,25,31)(H,26,27,28,30). The summed E-state index contributed by atoms with van der Waals surface area (Å²) in [6.45, 7) is 6.43. The number of amides is 1. The molecule has 9 heteroatoms. The Morgan fingerprint density at radius 1 is 1.00 bits per heavy atom. The molecule has 2 heterocycles. The van der Waals surface area contributed by atoms with Crippen LogP contribution in [-0.4, -0.2) is 39.7 Å². The fraction of sp³-hybridized carbons (Fsp3) is 0.250. The average molecular weight is 447 g/mol. The molecule has 1 amide bonds. The first kappa shape index (κ1) is 22.1. The Kier molecular flexibility index (Phi) is 5.63. The maximum Gasteiger partial charge on any atom is 0.256 e. The van der Waals surface area contributed by atoms with Gasteiger partial charge < -0.3 is 14.8 Å². The largest absolute Gasteiger partial charge is 0.493 e. The summed E-state index contributed by atoms with van der Waals surface area (Å²) in [4.78, 5) is 32.1. The topological polar surface area (TPSA) is 111 Å². The monoisotopic (exact) mass is 447 g/mol. The highest BCUT2D eigenvalue weighted by molar-refractivity contribution is 6.04. The van der Waals surface area contributed by atoms with Crippen molar-refractivity contribution in [1.82, 2.24) is 19.6 Å². The van der Waals surface area contributed by atoms with E-state index < -0.39 is 11.5 Å². The van der Waals surface area contributed by atoms with Crippen molar-refractivity contribution in [2.75, 3.05) is 19.5 Å². The van der Waals surface area contributed by atoms with Crippen molar-refractivity contribution in [1.29, 1.82) is 0 Å². The van der Waals surface area contributed by atoms with Gasteiger partial charge in [0.05, 0.1) is 14.2 Å². The Morgan fingerprint density at radius 2 is 1.70 bits per heavy atom. The quantitative estimate of drug-likeness (QED) is 0.483. The number of nitrogens with zero attached hydrogens (tertiary/aromatic N) is 3. The van der Waals surface area contributed by atoms with Crippen LogP contribution in [-0.2, 0) is 5.41 Å². The number of hydrogen-bond acceptors (Lipinski definition) is 6. The van der Waals surface area contributed by atoms with Gasteiger partial charge in [-0.2, -0.15) is 9.50 Å². The molecular weight excluding hydrogens is 422 g/mol. The van der Waals surface area contributed by atoms with E-state index in [9.17, 15) is 9.59 Å². The normalized spacial score (nSPS) is 11.4. The predicted octanol–water partition coefficient (Wildman–Crippen LogP) is 3.65. The summed E-state index contributed by atoms with van der Waals surface area (Å²) in [6, 6.07) is 14.0. The van der Waals surface area contributed by atoms with Crippen LogP contribution in [0.25, 0.3) is 17.2 Å². The molecule has 2 N–H and O–H groups in total. The van der Waals surface area contributed by atoms with Crippen molar-refractivity contribution < 1.29 is 14.3 Å². The summed E-state index contributed by atoms with van der Waals surface area (Å²) in [5.41, 5.74) is 1.93. The zero-order chi connectivity index (χ0) is 23.8. The minimum atomic E-state index is -0.436. The van der Waals surface area contributed by atoms with E-state index in [2.05, 4.69) is 41.2 Å². The van der Waals surface area contributed by atoms with Gasteiger partial charge in [0.2, 0.25) is 5.78 Å². The molecule has 4 rings (SSSR count). The number of carbonyl (C=O) groups excluding carboxylic acids is 1. The van der Waals surface area contributed by atoms with Gasteiger partial charge in [-0.3, -0.25) is 14.6 Å². The van der Waals surface area contributed by atoms with Gasteiger partial charge >= 0.3 is 0 Å². The summed E-state index contributed by atoms with van der Waals surface area (Å²) in [5.74, 6) is 1.33. The Morgan fingerprint density at radius 3 is 2.33 bits per heavy atom. The molecule has 2 aromatic carbocycles. The molecule has 0 spiro atoms. The molecule has 0 bridgehead atoms. The first-order chi connectivity index (χ1) is 15.7. The molecule has 0 saturated carbocycles. The number of carbonyl (C=O) groups is 1. The molecule has 0 atom stereocenters. The highest BCUT2D eigenvalue weighted by atomic mass is 16.5. The molecule has 9 nitrogen and oxygen atoms in total. The number of aromatic nitrogens is 4. The summed E-state index contributed by atoms with van der Waals surface area (Å²) in [7, 11) is 3.01. The van der Waals surface area contributed by atoms with Crippen LogP contribution in [0.5, 0.6) is 11.5 Å². The molecule has 0 fully saturated rings. The van der Waals surface area contributed by atoms with Gasteiger partial charge in [-0.25, -0.2) is 0 Å². The van der Waals surface area contributed by atoms with E-state index in [1.807, 2.05) is 24.3 Å². The number of benzene rings is 2. The van der Waals surface area contributed by atoms with Crippen LogP contribution < -0.4 is 20.3 Å². The fourth-order valence-electron chi connectivity index (χ4n) is 3.39. The maximum atomic E-state index is 12.9. The number of anilines is 1. The van der Waals surface area contributed by atoms with Crippen molar-refractivity contribution in [2.45, 2.75) is 26.2 Å². The highest BCUT2D eigenvalue weighted by Gasteiger charge is 2.17. The van der Waals surface area contributed by atoms with E-state index in [0.717, 1.165) is 5.56 Å². The lowest BCUT2D eigenvalue weighted by atomic mass is 9.87. The van der Waals surface area contributed by atoms with Crippen LogP contribution in [0.15, 0.2) is 53.3 Å². The van der Waals surface area contributed by atoms with Crippen LogP contribution in [0, 0.1) is 0 Å². The highest BCUT2D eigenvalue weighted by Crippen LogP contribution is 2.28. The molecule has 0 radical (unpaired) electrons. The molecule has 33 heavy (non-hydrogen) atoms. The molecule has 170 valence electrons. The lowest BCUT2D eigenvalue weighted by Gasteiger charge is -2.18. The third-order valence-corrected chi connectivity index (χ3v) is 5.23. The summed E-state index contributed by atoms with van der Waals surface area (Å²) in [5, 5.41) is 7.23. The minimum absolute atomic E-state index is 0.0255. The zero-order valence-corrected chi connectivity index (χ0v) is 19.1. The Hall–Kier alpha value is -4.14. The van der Waals surface area contributed by atoms with E-state index >= 15 is 0 Å². The number of aromatic amines is 1. The van der Waals surface area contributed by atoms with Gasteiger partial charge in [0.15, 0.2) is 17.3 Å². The van der Waals surface area contributed by atoms with E-state index in [1.54, 1.807) is 18.2 Å². The van der Waals surface area contributed by atoms with Crippen LogP contribution >= 0.6 is 0 Å². The molecule has 0 saturated heterocycles. The van der Waals surface area contributed by atoms with Crippen molar-refractivity contribution in [3.63, 3.8) is 0 Å². The SMILES string of the molecule is COc1ccc(C(=O)Nc2cc(=O)[nH]c3nc(-c4ccc(C(C)(C)C)cc4)nn23)cc1OC. The van der Waals surface area contributed by atoms with Crippen LogP contribution in [0.4, 0.5) is 5.82 Å². The van der Waals surface area contributed by atoms with Gasteiger partial charge in [-0.05, 0) is 29.2 Å². The van der Waals surface area contributed by atoms with E-state index in [4.69, 9.17) is 9.47 Å². The predicted molar refractivity (Wildman–Crippen MR) is 125 cm³/mol. The van der Waals surface area contributed by atoms with Gasteiger partial charge in [-0.15, -0.1) is 5.10 Å². The van der Waals surface area contributed by atoms with Gasteiger partial charge in [0, 0.05) is 17.2 Å². The second-order valence-corrected chi connectivity index (χ2v) is 8.54. The molecular formula is C24H25N5O4. The lowest BCUT2D eigenvalue weighted by molar-refractivity contribution is 0.102. The number of rotatable bonds is 5. The van der Waals surface area contributed by atoms with Crippen LogP contribution in [0.1, 0.15) is 36.7 Å². The zero-order valence-electron chi connectivity index (χ0n) is 19.1. The van der Waals surface area contributed by atoms with Crippen molar-refractivity contribution in [3.05, 3.63) is 70.0 Å². The summed E-state index contributed by atoms with van der Waals surface area (Å²) >= 11 is 0. The molecule has 0 unspecified atom stereocenters. The number of H-pyrrole nitrogens is 1. The average Bonchev–Trinajstić information content (AvgIpc) is 3.22. The van der Waals surface area contributed by atoms with Gasteiger partial charge in [-0.1, -0.05) is 45.0 Å². The summed E-state index contributed by atoms with van der Waals surface area (Å²) < 4.78 is 11.9. The molecule has 0 aliphatic heterocycles. The van der Waals surface area contributed by atoms with Crippen LogP contribution in [0.2, 0.25) is 0 Å². The van der Waals surface area contributed by atoms with E-state index in [1.165, 1.54) is 30.4 Å². The fourth-order valence-corrected chi connectivity index (χ4v) is 3.39.